The van der Waals surface area contributed by atoms with Gasteiger partial charge in [0.25, 0.3) is 0 Å². The van der Waals surface area contributed by atoms with Crippen LogP contribution in [0.2, 0.25) is 0 Å². The molecular weight excluding hydrogens is 293 g/mol. The summed E-state index contributed by atoms with van der Waals surface area (Å²) in [5, 5.41) is 13.0. The molecule has 20 heavy (non-hydrogen) atoms. The van der Waals surface area contributed by atoms with Crippen LogP contribution < -0.4 is 10.6 Å². The maximum atomic E-state index is 12.5. The molecule has 0 radical (unpaired) electrons. The normalized spacial score (nSPS) is 11.2. The highest BCUT2D eigenvalue weighted by atomic mass is 32.1. The zero-order valence-corrected chi connectivity index (χ0v) is 11.0. The first-order valence-corrected chi connectivity index (χ1v) is 6.21. The number of hydrogen-bond donors (Lipinski definition) is 2. The van der Waals surface area contributed by atoms with Crippen molar-refractivity contribution in [3.63, 3.8) is 0 Å². The van der Waals surface area contributed by atoms with Crippen LogP contribution in [0.15, 0.2) is 24.3 Å². The predicted octanol–water partition coefficient (Wildman–Crippen LogP) is 3.51. The average molecular weight is 302 g/mol. The van der Waals surface area contributed by atoms with Crippen molar-refractivity contribution in [2.24, 2.45) is 0 Å². The van der Waals surface area contributed by atoms with E-state index in [1.807, 2.05) is 0 Å². The fourth-order valence-corrected chi connectivity index (χ4v) is 1.97. The number of aromatic nitrogens is 2. The molecule has 1 aromatic carbocycles. The summed E-state index contributed by atoms with van der Waals surface area (Å²) < 4.78 is 37.5. The first-order valence-electron chi connectivity index (χ1n) is 5.40. The predicted molar refractivity (Wildman–Crippen MR) is 68.7 cm³/mol. The third-order valence-electron chi connectivity index (χ3n) is 2.19. The molecule has 0 atom stereocenters. The van der Waals surface area contributed by atoms with E-state index in [2.05, 4.69) is 20.8 Å². The van der Waals surface area contributed by atoms with E-state index in [1.54, 1.807) is 6.92 Å². The molecule has 5 nitrogen and oxygen atoms in total. The SMILES string of the molecule is Cc1nnc(NC(=O)Nc2cccc(C(F)(F)F)c2)s1. The van der Waals surface area contributed by atoms with Gasteiger partial charge in [-0.3, -0.25) is 5.32 Å². The molecule has 0 spiro atoms. The van der Waals surface area contributed by atoms with Gasteiger partial charge >= 0.3 is 12.2 Å². The van der Waals surface area contributed by atoms with Gasteiger partial charge in [-0.2, -0.15) is 13.2 Å². The van der Waals surface area contributed by atoms with Gasteiger partial charge in [0.15, 0.2) is 0 Å². The highest BCUT2D eigenvalue weighted by Gasteiger charge is 2.30. The van der Waals surface area contributed by atoms with E-state index in [-0.39, 0.29) is 10.8 Å². The summed E-state index contributed by atoms with van der Waals surface area (Å²) in [4.78, 5) is 11.6. The zero-order valence-electron chi connectivity index (χ0n) is 10.2. The lowest BCUT2D eigenvalue weighted by molar-refractivity contribution is -0.137. The maximum Gasteiger partial charge on any atom is 0.416 e. The van der Waals surface area contributed by atoms with E-state index in [4.69, 9.17) is 0 Å². The number of urea groups is 1. The molecule has 2 aromatic rings. The lowest BCUT2D eigenvalue weighted by Crippen LogP contribution is -2.19. The fraction of sp³-hybridized carbons (Fsp3) is 0.182. The molecule has 106 valence electrons. The highest BCUT2D eigenvalue weighted by molar-refractivity contribution is 7.15. The van der Waals surface area contributed by atoms with Crippen LogP contribution in [-0.2, 0) is 6.18 Å². The second kappa shape index (κ2) is 5.45. The number of benzene rings is 1. The molecule has 9 heteroatoms. The van der Waals surface area contributed by atoms with E-state index in [0.717, 1.165) is 23.5 Å². The minimum absolute atomic E-state index is 0.0403. The highest BCUT2D eigenvalue weighted by Crippen LogP contribution is 2.30. The standard InChI is InChI=1S/C11H9F3N4OS/c1-6-17-18-10(20-6)16-9(19)15-8-4-2-3-7(5-8)11(12,13)14/h2-5H,1H3,(H2,15,16,18,19). The summed E-state index contributed by atoms with van der Waals surface area (Å²) in [6, 6.07) is 3.68. The Kier molecular flexibility index (Phi) is 3.89. The largest absolute Gasteiger partial charge is 0.416 e. The van der Waals surface area contributed by atoms with Crippen LogP contribution >= 0.6 is 11.3 Å². The van der Waals surface area contributed by atoms with Gasteiger partial charge < -0.3 is 5.32 Å². The van der Waals surface area contributed by atoms with Crippen molar-refractivity contribution in [2.45, 2.75) is 13.1 Å². The van der Waals surface area contributed by atoms with Crippen LogP contribution in [0, 0.1) is 6.92 Å². The fourth-order valence-electron chi connectivity index (χ4n) is 1.38. The maximum absolute atomic E-state index is 12.5. The Balaban J connectivity index is 2.04. The molecular formula is C11H9F3N4OS. The molecule has 1 aromatic heterocycles. The smallest absolute Gasteiger partial charge is 0.308 e. The number of halogens is 3. The number of aryl methyl sites for hydroxylation is 1. The molecule has 0 bridgehead atoms. The summed E-state index contributed by atoms with van der Waals surface area (Å²) in [7, 11) is 0. The lowest BCUT2D eigenvalue weighted by Gasteiger charge is -2.09. The Bertz CT molecular complexity index is 626. The second-order valence-electron chi connectivity index (χ2n) is 3.78. The van der Waals surface area contributed by atoms with Crippen LogP contribution in [0.1, 0.15) is 10.6 Å². The van der Waals surface area contributed by atoms with Crippen molar-refractivity contribution in [3.05, 3.63) is 34.8 Å². The molecule has 0 aliphatic heterocycles. The third kappa shape index (κ3) is 3.67. The number of carbonyl (C=O) groups excluding carboxylic acids is 1. The number of nitrogens with one attached hydrogen (secondary N) is 2. The molecule has 0 fully saturated rings. The molecule has 0 unspecified atom stereocenters. The molecule has 0 saturated heterocycles. The molecule has 2 N–H and O–H groups in total. The molecule has 0 aliphatic carbocycles. The summed E-state index contributed by atoms with van der Waals surface area (Å²) in [6.07, 6.45) is -4.45. The monoisotopic (exact) mass is 302 g/mol. The second-order valence-corrected chi connectivity index (χ2v) is 4.97. The number of rotatable bonds is 2. The summed E-state index contributed by atoms with van der Waals surface area (Å²) in [5.41, 5.74) is -0.791. The first-order chi connectivity index (χ1) is 9.34. The van der Waals surface area contributed by atoms with E-state index < -0.39 is 17.8 Å². The van der Waals surface area contributed by atoms with Gasteiger partial charge in [0.05, 0.1) is 5.56 Å². The van der Waals surface area contributed by atoms with Gasteiger partial charge in [0.2, 0.25) is 5.13 Å². The number of anilines is 2. The van der Waals surface area contributed by atoms with Crippen LogP contribution in [0.5, 0.6) is 0 Å². The van der Waals surface area contributed by atoms with Gasteiger partial charge in [-0.15, -0.1) is 10.2 Å². The molecule has 2 rings (SSSR count). The van der Waals surface area contributed by atoms with Gasteiger partial charge in [-0.05, 0) is 25.1 Å². The lowest BCUT2D eigenvalue weighted by atomic mass is 10.2. The van der Waals surface area contributed by atoms with Crippen LogP contribution in [0.4, 0.5) is 28.8 Å². The number of amides is 2. The molecule has 2 amide bonds. The minimum Gasteiger partial charge on any atom is -0.308 e. The van der Waals surface area contributed by atoms with Gasteiger partial charge in [-0.25, -0.2) is 4.79 Å². The quantitative estimate of drug-likeness (QED) is 0.892. The van der Waals surface area contributed by atoms with Crippen molar-refractivity contribution < 1.29 is 18.0 Å². The Hall–Kier alpha value is -2.16. The summed E-state index contributed by atoms with van der Waals surface area (Å²) in [5.74, 6) is 0. The molecule has 0 aliphatic rings. The van der Waals surface area contributed by atoms with E-state index in [1.165, 1.54) is 12.1 Å². The van der Waals surface area contributed by atoms with E-state index in [9.17, 15) is 18.0 Å². The van der Waals surface area contributed by atoms with Crippen molar-refractivity contribution in [1.82, 2.24) is 10.2 Å². The van der Waals surface area contributed by atoms with E-state index in [0.29, 0.717) is 5.01 Å². The van der Waals surface area contributed by atoms with Crippen molar-refractivity contribution in [1.29, 1.82) is 0 Å². The van der Waals surface area contributed by atoms with Gasteiger partial charge in [0, 0.05) is 5.69 Å². The Morgan fingerprint density at radius 2 is 2.00 bits per heavy atom. The topological polar surface area (TPSA) is 66.9 Å². The summed E-state index contributed by atoms with van der Waals surface area (Å²) in [6.45, 7) is 1.72. The molecule has 0 saturated carbocycles. The number of carbonyl (C=O) groups is 1. The van der Waals surface area contributed by atoms with Crippen molar-refractivity contribution in [2.75, 3.05) is 10.6 Å². The molecule has 1 heterocycles. The zero-order chi connectivity index (χ0) is 14.8. The van der Waals surface area contributed by atoms with Crippen LogP contribution in [0.25, 0.3) is 0 Å². The Morgan fingerprint density at radius 3 is 2.60 bits per heavy atom. The minimum atomic E-state index is -4.45. The third-order valence-corrected chi connectivity index (χ3v) is 2.95. The van der Waals surface area contributed by atoms with Crippen molar-refractivity contribution >= 4 is 28.2 Å². The first kappa shape index (κ1) is 14.3. The van der Waals surface area contributed by atoms with Crippen LogP contribution in [0.3, 0.4) is 0 Å². The number of hydrogen-bond acceptors (Lipinski definition) is 4. The van der Waals surface area contributed by atoms with Gasteiger partial charge in [-0.1, -0.05) is 17.4 Å². The number of nitrogens with zero attached hydrogens (tertiary/aromatic N) is 2. The summed E-state index contributed by atoms with van der Waals surface area (Å²) >= 11 is 1.16. The van der Waals surface area contributed by atoms with Gasteiger partial charge in [0.1, 0.15) is 5.01 Å². The number of alkyl halides is 3. The Morgan fingerprint density at radius 1 is 1.25 bits per heavy atom. The average Bonchev–Trinajstić information content (AvgIpc) is 2.73. The Labute approximate surface area is 115 Å². The van der Waals surface area contributed by atoms with Crippen molar-refractivity contribution in [3.8, 4) is 0 Å². The van der Waals surface area contributed by atoms with Crippen LogP contribution in [-0.4, -0.2) is 16.2 Å². The van der Waals surface area contributed by atoms with E-state index >= 15 is 0 Å².